The van der Waals surface area contributed by atoms with Crippen LogP contribution >= 0.6 is 0 Å². The molecule has 0 N–H and O–H groups in total. The quantitative estimate of drug-likeness (QED) is 0.723. The third-order valence-electron chi connectivity index (χ3n) is 1.73. The molecule has 1 aromatic heterocycles. The molecule has 3 nitrogen and oxygen atoms in total. The summed E-state index contributed by atoms with van der Waals surface area (Å²) in [5.41, 5.74) is 0.918. The summed E-state index contributed by atoms with van der Waals surface area (Å²) >= 11 is 0. The third-order valence-corrected chi connectivity index (χ3v) is 1.73. The van der Waals surface area contributed by atoms with Crippen molar-refractivity contribution in [2.45, 2.75) is 0 Å². The first-order chi connectivity index (χ1) is 6.84. The maximum Gasteiger partial charge on any atom is 0.138 e. The minimum Gasteiger partial charge on any atom is -0.228 e. The van der Waals surface area contributed by atoms with Crippen LogP contribution in [0.3, 0.4) is 0 Å². The minimum atomic E-state index is -0.233. The summed E-state index contributed by atoms with van der Waals surface area (Å²) in [4.78, 5) is 3.79. The van der Waals surface area contributed by atoms with Crippen LogP contribution < -0.4 is 0 Å². The molecule has 0 aliphatic rings. The van der Waals surface area contributed by atoms with Crippen LogP contribution in [-0.2, 0) is 0 Å². The first-order valence-corrected chi connectivity index (χ1v) is 4.12. The molecule has 2 rings (SSSR count). The van der Waals surface area contributed by atoms with Crippen molar-refractivity contribution < 1.29 is 4.39 Å². The van der Waals surface area contributed by atoms with Crippen LogP contribution in [0.1, 0.15) is 5.56 Å². The zero-order chi connectivity index (χ0) is 9.80. The predicted octanol–water partition coefficient (Wildman–Crippen LogP) is 2.05. The van der Waals surface area contributed by atoms with Gasteiger partial charge in [-0.05, 0) is 23.8 Å². The van der Waals surface area contributed by atoms with Crippen LogP contribution in [0.4, 0.5) is 4.39 Å². The molecule has 0 spiro atoms. The second kappa shape index (κ2) is 3.83. The first kappa shape index (κ1) is 8.62. The van der Waals surface area contributed by atoms with E-state index in [0.717, 1.165) is 5.56 Å². The molecule has 0 radical (unpaired) electrons. The van der Waals surface area contributed by atoms with Gasteiger partial charge < -0.3 is 0 Å². The lowest BCUT2D eigenvalue weighted by atomic mass is 10.2. The van der Waals surface area contributed by atoms with Crippen molar-refractivity contribution in [2.75, 3.05) is 0 Å². The van der Waals surface area contributed by atoms with Crippen molar-refractivity contribution in [3.05, 3.63) is 48.3 Å². The van der Waals surface area contributed by atoms with Crippen LogP contribution in [0.5, 0.6) is 0 Å². The smallest absolute Gasteiger partial charge is 0.138 e. The highest BCUT2D eigenvalue weighted by Gasteiger charge is 1.88. The molecule has 0 unspecified atom stereocenters. The minimum absolute atomic E-state index is 0.233. The van der Waals surface area contributed by atoms with E-state index in [1.165, 1.54) is 18.5 Å². The number of benzene rings is 1. The number of rotatable bonds is 2. The normalized spacial score (nSPS) is 10.9. The number of halogens is 1. The molecular weight excluding hydrogens is 181 g/mol. The molecule has 4 heteroatoms. The van der Waals surface area contributed by atoms with Gasteiger partial charge in [-0.2, -0.15) is 5.10 Å². The van der Waals surface area contributed by atoms with E-state index in [4.69, 9.17) is 0 Å². The van der Waals surface area contributed by atoms with Crippen molar-refractivity contribution in [2.24, 2.45) is 0 Å². The molecule has 0 fully saturated rings. The molecule has 0 atom stereocenters. The first-order valence-electron chi connectivity index (χ1n) is 4.12. The Morgan fingerprint density at radius 1 is 1.21 bits per heavy atom. The van der Waals surface area contributed by atoms with Gasteiger partial charge in [0.2, 0.25) is 0 Å². The fourth-order valence-corrected chi connectivity index (χ4v) is 1.03. The Morgan fingerprint density at radius 3 is 2.64 bits per heavy atom. The molecule has 0 amide bonds. The monoisotopic (exact) mass is 189 g/mol. The summed E-state index contributed by atoms with van der Waals surface area (Å²) < 4.78 is 14.1. The van der Waals surface area contributed by atoms with E-state index < -0.39 is 0 Å². The standard InChI is InChI=1S/C10H8FN3/c11-10-3-1-9(2-4-10)5-6-14-8-12-7-13-14/h1-8H/b6-5+. The second-order valence-electron chi connectivity index (χ2n) is 2.74. The largest absolute Gasteiger partial charge is 0.228 e. The van der Waals surface area contributed by atoms with Gasteiger partial charge in [0, 0.05) is 6.20 Å². The summed E-state index contributed by atoms with van der Waals surface area (Å²) in [7, 11) is 0. The van der Waals surface area contributed by atoms with Gasteiger partial charge in [0.15, 0.2) is 0 Å². The Labute approximate surface area is 80.5 Å². The molecule has 0 aliphatic carbocycles. The zero-order valence-corrected chi connectivity index (χ0v) is 7.34. The molecule has 70 valence electrons. The summed E-state index contributed by atoms with van der Waals surface area (Å²) in [5.74, 6) is -0.233. The fraction of sp³-hybridized carbons (Fsp3) is 0. The molecule has 0 saturated carbocycles. The molecule has 2 aromatic rings. The van der Waals surface area contributed by atoms with Crippen molar-refractivity contribution in [1.29, 1.82) is 0 Å². The second-order valence-corrected chi connectivity index (χ2v) is 2.74. The maximum absolute atomic E-state index is 12.5. The van der Waals surface area contributed by atoms with E-state index in [1.54, 1.807) is 29.3 Å². The van der Waals surface area contributed by atoms with Crippen LogP contribution in [0.2, 0.25) is 0 Å². The van der Waals surface area contributed by atoms with E-state index in [9.17, 15) is 4.39 Å². The maximum atomic E-state index is 12.5. The van der Waals surface area contributed by atoms with E-state index in [2.05, 4.69) is 10.1 Å². The molecule has 1 heterocycles. The summed E-state index contributed by atoms with van der Waals surface area (Å²) in [6, 6.07) is 6.23. The Kier molecular flexibility index (Phi) is 2.36. The molecular formula is C10H8FN3. The van der Waals surface area contributed by atoms with Gasteiger partial charge in [-0.3, -0.25) is 0 Å². The van der Waals surface area contributed by atoms with Crippen LogP contribution in [0.25, 0.3) is 12.3 Å². The molecule has 1 aromatic carbocycles. The number of hydrogen-bond acceptors (Lipinski definition) is 2. The van der Waals surface area contributed by atoms with E-state index in [-0.39, 0.29) is 5.82 Å². The highest BCUT2D eigenvalue weighted by molar-refractivity contribution is 5.59. The van der Waals surface area contributed by atoms with Gasteiger partial charge >= 0.3 is 0 Å². The number of hydrogen-bond donors (Lipinski definition) is 0. The van der Waals surface area contributed by atoms with Crippen LogP contribution in [0, 0.1) is 5.82 Å². The number of nitrogens with zero attached hydrogens (tertiary/aromatic N) is 3. The lowest BCUT2D eigenvalue weighted by Crippen LogP contribution is -1.84. The lowest BCUT2D eigenvalue weighted by Gasteiger charge is -1.92. The predicted molar refractivity (Wildman–Crippen MR) is 51.6 cm³/mol. The summed E-state index contributed by atoms with van der Waals surface area (Å²) in [5, 5.41) is 3.89. The molecule has 0 bridgehead atoms. The van der Waals surface area contributed by atoms with Crippen LogP contribution in [-0.4, -0.2) is 14.8 Å². The lowest BCUT2D eigenvalue weighted by molar-refractivity contribution is 0.628. The van der Waals surface area contributed by atoms with Gasteiger partial charge in [0.05, 0.1) is 0 Å². The van der Waals surface area contributed by atoms with Gasteiger partial charge in [0.1, 0.15) is 18.5 Å². The third kappa shape index (κ3) is 2.04. The molecule has 14 heavy (non-hydrogen) atoms. The highest BCUT2D eigenvalue weighted by atomic mass is 19.1. The SMILES string of the molecule is Fc1ccc(/C=C/n2cncn2)cc1. The zero-order valence-electron chi connectivity index (χ0n) is 7.34. The van der Waals surface area contributed by atoms with E-state index in [0.29, 0.717) is 0 Å². The Morgan fingerprint density at radius 2 is 2.00 bits per heavy atom. The number of aromatic nitrogens is 3. The summed E-state index contributed by atoms with van der Waals surface area (Å²) in [6.07, 6.45) is 6.61. The average Bonchev–Trinajstić information content (AvgIpc) is 2.70. The van der Waals surface area contributed by atoms with Gasteiger partial charge in [-0.15, -0.1) is 0 Å². The fourth-order valence-electron chi connectivity index (χ4n) is 1.03. The van der Waals surface area contributed by atoms with Gasteiger partial charge in [-0.1, -0.05) is 12.1 Å². The Hall–Kier alpha value is -1.97. The Bertz CT molecular complexity index is 417. The van der Waals surface area contributed by atoms with Crippen LogP contribution in [0.15, 0.2) is 36.9 Å². The van der Waals surface area contributed by atoms with Crippen molar-refractivity contribution in [3.63, 3.8) is 0 Å². The van der Waals surface area contributed by atoms with Crippen molar-refractivity contribution >= 4 is 12.3 Å². The Balaban J connectivity index is 2.15. The van der Waals surface area contributed by atoms with E-state index in [1.807, 2.05) is 6.08 Å². The average molecular weight is 189 g/mol. The topological polar surface area (TPSA) is 30.7 Å². The molecule has 0 saturated heterocycles. The van der Waals surface area contributed by atoms with Gasteiger partial charge in [0.25, 0.3) is 0 Å². The van der Waals surface area contributed by atoms with E-state index >= 15 is 0 Å². The van der Waals surface area contributed by atoms with Crippen molar-refractivity contribution in [1.82, 2.24) is 14.8 Å². The summed E-state index contributed by atoms with van der Waals surface area (Å²) in [6.45, 7) is 0. The van der Waals surface area contributed by atoms with Gasteiger partial charge in [-0.25, -0.2) is 14.1 Å². The molecule has 0 aliphatic heterocycles. The highest BCUT2D eigenvalue weighted by Crippen LogP contribution is 2.04. The van der Waals surface area contributed by atoms with Crippen molar-refractivity contribution in [3.8, 4) is 0 Å².